The lowest BCUT2D eigenvalue weighted by Gasteiger charge is -2.35. The van der Waals surface area contributed by atoms with E-state index in [1.807, 2.05) is 12.1 Å². The molecule has 0 aliphatic carbocycles. The van der Waals surface area contributed by atoms with Crippen molar-refractivity contribution in [2.45, 2.75) is 0 Å². The summed E-state index contributed by atoms with van der Waals surface area (Å²) in [5.41, 5.74) is 1.84. The van der Waals surface area contributed by atoms with Crippen molar-refractivity contribution in [2.24, 2.45) is 0 Å². The van der Waals surface area contributed by atoms with Gasteiger partial charge in [-0.2, -0.15) is 0 Å². The molecule has 27 heavy (non-hydrogen) atoms. The highest BCUT2D eigenvalue weighted by Gasteiger charge is 2.19. The molecule has 2 aromatic rings. The zero-order valence-corrected chi connectivity index (χ0v) is 15.4. The van der Waals surface area contributed by atoms with E-state index < -0.39 is 11.7 Å². The maximum Gasteiger partial charge on any atom is 0.257 e. The predicted octanol–water partition coefficient (Wildman–Crippen LogP) is 3.57. The molecule has 7 heteroatoms. The van der Waals surface area contributed by atoms with Crippen molar-refractivity contribution in [1.29, 1.82) is 0 Å². The molecule has 2 aromatic carbocycles. The second-order valence-corrected chi connectivity index (χ2v) is 6.55. The monoisotopic (exact) mass is 387 g/mol. The van der Waals surface area contributed by atoms with Crippen molar-refractivity contribution in [3.63, 3.8) is 0 Å². The van der Waals surface area contributed by atoms with Gasteiger partial charge in [0, 0.05) is 37.6 Å². The van der Waals surface area contributed by atoms with Gasteiger partial charge >= 0.3 is 0 Å². The van der Waals surface area contributed by atoms with E-state index in [2.05, 4.69) is 16.8 Å². The molecule has 0 spiro atoms. The maximum absolute atomic E-state index is 13.1. The lowest BCUT2D eigenvalue weighted by atomic mass is 10.2. The molecule has 0 bridgehead atoms. The molecule has 1 heterocycles. The fourth-order valence-electron chi connectivity index (χ4n) is 2.94. The molecule has 0 radical (unpaired) electrons. The molecule has 1 aliphatic heterocycles. The molecule has 1 saturated heterocycles. The lowest BCUT2D eigenvalue weighted by molar-refractivity contribution is -0.126. The van der Waals surface area contributed by atoms with Crippen LogP contribution < -0.4 is 10.2 Å². The van der Waals surface area contributed by atoms with Crippen LogP contribution in [0.25, 0.3) is 0 Å². The van der Waals surface area contributed by atoms with E-state index in [0.717, 1.165) is 24.8 Å². The van der Waals surface area contributed by atoms with Crippen LogP contribution in [0.1, 0.15) is 10.4 Å². The van der Waals surface area contributed by atoms with Gasteiger partial charge in [-0.25, -0.2) is 4.39 Å². The van der Waals surface area contributed by atoms with Crippen LogP contribution in [0.3, 0.4) is 0 Å². The first kappa shape index (κ1) is 18.9. The molecule has 5 nitrogen and oxygen atoms in total. The quantitative estimate of drug-likeness (QED) is 0.816. The number of nitrogens with zero attached hydrogens (tertiary/aromatic N) is 2. The van der Waals surface area contributed by atoms with E-state index in [-0.39, 0.29) is 16.5 Å². The third-order valence-corrected chi connectivity index (χ3v) is 4.74. The molecule has 2 amide bonds. The SMILES string of the molecule is C=CC(=O)N1CCN(c2ccc(NC(=O)c3ccc(F)cc3Cl)cc2)CC1. The fourth-order valence-corrected chi connectivity index (χ4v) is 3.19. The standard InChI is InChI=1S/C20H19ClFN3O2/c1-2-19(26)25-11-9-24(10-12-25)16-6-4-15(5-7-16)23-20(27)17-8-3-14(22)13-18(17)21/h2-8,13H,1,9-12H2,(H,23,27). The van der Waals surface area contributed by atoms with Gasteiger partial charge in [-0.3, -0.25) is 9.59 Å². The number of hydrogen-bond donors (Lipinski definition) is 1. The number of halogens is 2. The smallest absolute Gasteiger partial charge is 0.257 e. The summed E-state index contributed by atoms with van der Waals surface area (Å²) in [5, 5.41) is 2.82. The van der Waals surface area contributed by atoms with Crippen molar-refractivity contribution < 1.29 is 14.0 Å². The van der Waals surface area contributed by atoms with Crippen LogP contribution in [-0.2, 0) is 4.79 Å². The van der Waals surface area contributed by atoms with Gasteiger partial charge in [0.1, 0.15) is 5.82 Å². The summed E-state index contributed by atoms with van der Waals surface area (Å²) in [6.07, 6.45) is 1.33. The average molecular weight is 388 g/mol. The fraction of sp³-hybridized carbons (Fsp3) is 0.200. The Morgan fingerprint density at radius 2 is 1.74 bits per heavy atom. The lowest BCUT2D eigenvalue weighted by Crippen LogP contribution is -2.48. The molecular weight excluding hydrogens is 369 g/mol. The van der Waals surface area contributed by atoms with E-state index in [0.29, 0.717) is 18.8 Å². The predicted molar refractivity (Wildman–Crippen MR) is 105 cm³/mol. The van der Waals surface area contributed by atoms with Crippen LogP contribution in [0.4, 0.5) is 15.8 Å². The number of anilines is 2. The summed E-state index contributed by atoms with van der Waals surface area (Å²) in [5.74, 6) is -0.938. The second-order valence-electron chi connectivity index (χ2n) is 6.14. The number of piperazine rings is 1. The van der Waals surface area contributed by atoms with Crippen LogP contribution in [-0.4, -0.2) is 42.9 Å². The number of hydrogen-bond acceptors (Lipinski definition) is 3. The number of rotatable bonds is 4. The molecule has 0 unspecified atom stereocenters. The Balaban J connectivity index is 1.61. The topological polar surface area (TPSA) is 52.7 Å². The van der Waals surface area contributed by atoms with E-state index in [4.69, 9.17) is 11.6 Å². The Kier molecular flexibility index (Phi) is 5.76. The van der Waals surface area contributed by atoms with Gasteiger partial charge in [0.2, 0.25) is 5.91 Å². The van der Waals surface area contributed by atoms with Crippen molar-refractivity contribution in [2.75, 3.05) is 36.4 Å². The normalized spacial score (nSPS) is 14.0. The van der Waals surface area contributed by atoms with Crippen LogP contribution >= 0.6 is 11.6 Å². The number of carbonyl (C=O) groups is 2. The summed E-state index contributed by atoms with van der Waals surface area (Å²) < 4.78 is 13.1. The van der Waals surface area contributed by atoms with Gasteiger partial charge < -0.3 is 15.1 Å². The summed E-state index contributed by atoms with van der Waals surface area (Å²) >= 11 is 5.92. The Labute approximate surface area is 162 Å². The molecule has 140 valence electrons. The summed E-state index contributed by atoms with van der Waals surface area (Å²) in [4.78, 5) is 27.9. The van der Waals surface area contributed by atoms with Gasteiger partial charge in [-0.1, -0.05) is 18.2 Å². The second kappa shape index (κ2) is 8.22. The highest BCUT2D eigenvalue weighted by molar-refractivity contribution is 6.34. The third kappa shape index (κ3) is 4.46. The van der Waals surface area contributed by atoms with Crippen LogP contribution in [0.2, 0.25) is 5.02 Å². The van der Waals surface area contributed by atoms with Gasteiger partial charge in [0.25, 0.3) is 5.91 Å². The number of carbonyl (C=O) groups excluding carboxylic acids is 2. The molecule has 0 atom stereocenters. The van der Waals surface area contributed by atoms with E-state index in [1.54, 1.807) is 17.0 Å². The molecular formula is C20H19ClFN3O2. The minimum Gasteiger partial charge on any atom is -0.368 e. The number of amides is 2. The maximum atomic E-state index is 13.1. The van der Waals surface area contributed by atoms with Crippen LogP contribution in [0, 0.1) is 5.82 Å². The van der Waals surface area contributed by atoms with Crippen molar-refractivity contribution >= 4 is 34.8 Å². The van der Waals surface area contributed by atoms with Crippen molar-refractivity contribution in [1.82, 2.24) is 4.90 Å². The average Bonchev–Trinajstić information content (AvgIpc) is 2.68. The summed E-state index contributed by atoms with van der Waals surface area (Å²) in [6, 6.07) is 11.1. The molecule has 1 aliphatic rings. The Morgan fingerprint density at radius 3 is 2.33 bits per heavy atom. The Morgan fingerprint density at radius 1 is 1.07 bits per heavy atom. The minimum atomic E-state index is -0.490. The van der Waals surface area contributed by atoms with E-state index >= 15 is 0 Å². The van der Waals surface area contributed by atoms with Gasteiger partial charge in [-0.05, 0) is 48.5 Å². The highest BCUT2D eigenvalue weighted by Crippen LogP contribution is 2.22. The third-order valence-electron chi connectivity index (χ3n) is 4.43. The molecule has 3 rings (SSSR count). The largest absolute Gasteiger partial charge is 0.368 e. The number of benzene rings is 2. The molecule has 0 aromatic heterocycles. The zero-order chi connectivity index (χ0) is 19.4. The first-order chi connectivity index (χ1) is 13.0. The highest BCUT2D eigenvalue weighted by atomic mass is 35.5. The molecule has 1 N–H and O–H groups in total. The summed E-state index contributed by atoms with van der Waals surface area (Å²) in [7, 11) is 0. The van der Waals surface area contributed by atoms with E-state index in [1.165, 1.54) is 18.2 Å². The van der Waals surface area contributed by atoms with Gasteiger partial charge in [0.05, 0.1) is 10.6 Å². The Hall–Kier alpha value is -2.86. The van der Waals surface area contributed by atoms with Crippen LogP contribution in [0.5, 0.6) is 0 Å². The van der Waals surface area contributed by atoms with Crippen molar-refractivity contribution in [3.8, 4) is 0 Å². The summed E-state index contributed by atoms with van der Waals surface area (Å²) in [6.45, 7) is 6.27. The molecule has 0 saturated carbocycles. The first-order valence-corrected chi connectivity index (χ1v) is 8.88. The first-order valence-electron chi connectivity index (χ1n) is 8.50. The van der Waals surface area contributed by atoms with Gasteiger partial charge in [0.15, 0.2) is 0 Å². The van der Waals surface area contributed by atoms with Crippen molar-refractivity contribution in [3.05, 3.63) is 71.5 Å². The van der Waals surface area contributed by atoms with E-state index in [9.17, 15) is 14.0 Å². The minimum absolute atomic E-state index is 0.0489. The molecule has 1 fully saturated rings. The Bertz CT molecular complexity index is 862. The van der Waals surface area contributed by atoms with Gasteiger partial charge in [-0.15, -0.1) is 0 Å². The number of nitrogens with one attached hydrogen (secondary N) is 1. The van der Waals surface area contributed by atoms with Crippen LogP contribution in [0.15, 0.2) is 55.1 Å². The zero-order valence-electron chi connectivity index (χ0n) is 14.6.